The van der Waals surface area contributed by atoms with Gasteiger partial charge in [0.2, 0.25) is 0 Å². The topological polar surface area (TPSA) is 26.0 Å². The van der Waals surface area contributed by atoms with Gasteiger partial charge in [0, 0.05) is 5.54 Å². The normalized spacial score (nSPS) is 14.9. The minimum atomic E-state index is -0.0699. The van der Waals surface area contributed by atoms with Crippen molar-refractivity contribution in [3.05, 3.63) is 34.4 Å². The van der Waals surface area contributed by atoms with Crippen LogP contribution in [0.25, 0.3) is 0 Å². The van der Waals surface area contributed by atoms with Crippen molar-refractivity contribution in [1.29, 1.82) is 0 Å². The van der Waals surface area contributed by atoms with E-state index in [2.05, 4.69) is 46.8 Å². The second kappa shape index (κ2) is 5.01. The Kier molecular flexibility index (Phi) is 4.15. The van der Waals surface area contributed by atoms with E-state index < -0.39 is 0 Å². The number of nitrogens with two attached hydrogens (primary N) is 1. The maximum absolute atomic E-state index is 6.34. The van der Waals surface area contributed by atoms with Crippen LogP contribution < -0.4 is 5.73 Å². The van der Waals surface area contributed by atoms with Gasteiger partial charge in [-0.25, -0.2) is 0 Å². The van der Waals surface area contributed by atoms with Crippen molar-refractivity contribution in [2.45, 2.75) is 59.4 Å². The third-order valence-corrected chi connectivity index (χ3v) is 3.24. The van der Waals surface area contributed by atoms with Crippen LogP contribution in [-0.2, 0) is 6.42 Å². The van der Waals surface area contributed by atoms with E-state index in [-0.39, 0.29) is 5.54 Å². The summed E-state index contributed by atoms with van der Waals surface area (Å²) in [5.41, 5.74) is 11.8. The molecule has 16 heavy (non-hydrogen) atoms. The summed E-state index contributed by atoms with van der Waals surface area (Å²) in [5, 5.41) is 0. The van der Waals surface area contributed by atoms with Crippen LogP contribution in [0.4, 0.5) is 0 Å². The Morgan fingerprint density at radius 1 is 1.12 bits per heavy atom. The average Bonchev–Trinajstić information content (AvgIpc) is 2.11. The van der Waals surface area contributed by atoms with Crippen molar-refractivity contribution in [1.82, 2.24) is 0 Å². The smallest absolute Gasteiger partial charge is 0.0166 e. The fraction of sp³-hybridized carbons (Fsp3) is 0.600. The SMILES string of the molecule is CCCC(C)(N)Cc1c(C)cc(C)cc1C. The molecule has 90 valence electrons. The van der Waals surface area contributed by atoms with Gasteiger partial charge in [0.15, 0.2) is 0 Å². The molecule has 0 aliphatic rings. The number of aryl methyl sites for hydroxylation is 3. The van der Waals surface area contributed by atoms with Crippen LogP contribution in [-0.4, -0.2) is 5.54 Å². The van der Waals surface area contributed by atoms with Gasteiger partial charge in [-0.1, -0.05) is 31.0 Å². The number of rotatable bonds is 4. The third kappa shape index (κ3) is 3.34. The zero-order chi connectivity index (χ0) is 12.3. The summed E-state index contributed by atoms with van der Waals surface area (Å²) in [4.78, 5) is 0. The highest BCUT2D eigenvalue weighted by Crippen LogP contribution is 2.23. The second-order valence-electron chi connectivity index (χ2n) is 5.46. The first-order valence-electron chi connectivity index (χ1n) is 6.21. The average molecular weight is 219 g/mol. The van der Waals surface area contributed by atoms with Crippen molar-refractivity contribution in [3.63, 3.8) is 0 Å². The molecular weight excluding hydrogens is 194 g/mol. The van der Waals surface area contributed by atoms with Crippen LogP contribution in [0, 0.1) is 20.8 Å². The maximum Gasteiger partial charge on any atom is 0.0166 e. The largest absolute Gasteiger partial charge is 0.325 e. The summed E-state index contributed by atoms with van der Waals surface area (Å²) < 4.78 is 0. The van der Waals surface area contributed by atoms with E-state index in [0.717, 1.165) is 19.3 Å². The summed E-state index contributed by atoms with van der Waals surface area (Å²) >= 11 is 0. The van der Waals surface area contributed by atoms with Crippen LogP contribution in [0.1, 0.15) is 48.9 Å². The van der Waals surface area contributed by atoms with Crippen molar-refractivity contribution in [3.8, 4) is 0 Å². The molecule has 0 amide bonds. The van der Waals surface area contributed by atoms with E-state index in [1.807, 2.05) is 0 Å². The predicted octanol–water partition coefficient (Wildman–Crippen LogP) is 3.67. The van der Waals surface area contributed by atoms with E-state index in [9.17, 15) is 0 Å². The van der Waals surface area contributed by atoms with Crippen molar-refractivity contribution < 1.29 is 0 Å². The zero-order valence-corrected chi connectivity index (χ0v) is 11.4. The molecule has 0 aromatic heterocycles. The minimum absolute atomic E-state index is 0.0699. The summed E-state index contributed by atoms with van der Waals surface area (Å²) in [6, 6.07) is 4.51. The van der Waals surface area contributed by atoms with Gasteiger partial charge >= 0.3 is 0 Å². The fourth-order valence-electron chi connectivity index (χ4n) is 2.55. The Bertz CT molecular complexity index is 341. The van der Waals surface area contributed by atoms with Gasteiger partial charge < -0.3 is 5.73 Å². The summed E-state index contributed by atoms with van der Waals surface area (Å²) in [5.74, 6) is 0. The molecule has 0 bridgehead atoms. The van der Waals surface area contributed by atoms with E-state index in [1.165, 1.54) is 22.3 Å². The molecule has 1 nitrogen and oxygen atoms in total. The molecule has 0 saturated heterocycles. The highest BCUT2D eigenvalue weighted by atomic mass is 14.7. The van der Waals surface area contributed by atoms with Crippen LogP contribution in [0.2, 0.25) is 0 Å². The molecule has 0 saturated carbocycles. The molecule has 1 rings (SSSR count). The highest BCUT2D eigenvalue weighted by molar-refractivity contribution is 5.38. The van der Waals surface area contributed by atoms with Crippen LogP contribution in [0.5, 0.6) is 0 Å². The Morgan fingerprint density at radius 2 is 1.62 bits per heavy atom. The zero-order valence-electron chi connectivity index (χ0n) is 11.4. The lowest BCUT2D eigenvalue weighted by atomic mass is 9.85. The molecule has 1 aromatic carbocycles. The number of hydrogen-bond acceptors (Lipinski definition) is 1. The predicted molar refractivity (Wildman–Crippen MR) is 71.9 cm³/mol. The Hall–Kier alpha value is -0.820. The molecule has 0 heterocycles. The second-order valence-corrected chi connectivity index (χ2v) is 5.46. The van der Waals surface area contributed by atoms with Crippen LogP contribution >= 0.6 is 0 Å². The van der Waals surface area contributed by atoms with Gasteiger partial charge in [-0.05, 0) is 57.2 Å². The molecule has 0 aliphatic carbocycles. The maximum atomic E-state index is 6.34. The van der Waals surface area contributed by atoms with E-state index in [4.69, 9.17) is 5.73 Å². The first-order chi connectivity index (χ1) is 7.35. The van der Waals surface area contributed by atoms with Gasteiger partial charge in [0.1, 0.15) is 0 Å². The quantitative estimate of drug-likeness (QED) is 0.821. The van der Waals surface area contributed by atoms with Gasteiger partial charge in [-0.3, -0.25) is 0 Å². The first kappa shape index (κ1) is 13.2. The molecule has 1 aromatic rings. The van der Waals surface area contributed by atoms with Gasteiger partial charge in [-0.15, -0.1) is 0 Å². The Balaban J connectivity index is 2.97. The van der Waals surface area contributed by atoms with Gasteiger partial charge in [0.05, 0.1) is 0 Å². The number of hydrogen-bond donors (Lipinski definition) is 1. The van der Waals surface area contributed by atoms with Crippen molar-refractivity contribution in [2.75, 3.05) is 0 Å². The summed E-state index contributed by atoms with van der Waals surface area (Å²) in [7, 11) is 0. The van der Waals surface area contributed by atoms with E-state index >= 15 is 0 Å². The van der Waals surface area contributed by atoms with Crippen LogP contribution in [0.3, 0.4) is 0 Å². The molecule has 0 fully saturated rings. The molecule has 0 radical (unpaired) electrons. The molecule has 1 atom stereocenters. The first-order valence-corrected chi connectivity index (χ1v) is 6.21. The molecule has 1 heteroatoms. The van der Waals surface area contributed by atoms with Crippen molar-refractivity contribution in [2.24, 2.45) is 5.73 Å². The van der Waals surface area contributed by atoms with Crippen molar-refractivity contribution >= 4 is 0 Å². The minimum Gasteiger partial charge on any atom is -0.325 e. The van der Waals surface area contributed by atoms with Crippen LogP contribution in [0.15, 0.2) is 12.1 Å². The van der Waals surface area contributed by atoms with E-state index in [1.54, 1.807) is 0 Å². The lowest BCUT2D eigenvalue weighted by molar-refractivity contribution is 0.423. The van der Waals surface area contributed by atoms with E-state index in [0.29, 0.717) is 0 Å². The molecule has 0 spiro atoms. The van der Waals surface area contributed by atoms with Gasteiger partial charge in [0.25, 0.3) is 0 Å². The Morgan fingerprint density at radius 3 is 2.06 bits per heavy atom. The Labute approximate surface area is 100 Å². The summed E-state index contributed by atoms with van der Waals surface area (Å²) in [6.07, 6.45) is 3.22. The lowest BCUT2D eigenvalue weighted by Gasteiger charge is -2.26. The standard InChI is InChI=1S/C15H25N/c1-6-7-15(5,16)10-14-12(3)8-11(2)9-13(14)4/h8-9H,6-7,10,16H2,1-5H3. The molecule has 2 N–H and O–H groups in total. The lowest BCUT2D eigenvalue weighted by Crippen LogP contribution is -2.38. The highest BCUT2D eigenvalue weighted by Gasteiger charge is 2.19. The molecule has 0 aliphatic heterocycles. The van der Waals surface area contributed by atoms with Gasteiger partial charge in [-0.2, -0.15) is 0 Å². The third-order valence-electron chi connectivity index (χ3n) is 3.24. The fourth-order valence-corrected chi connectivity index (χ4v) is 2.55. The number of benzene rings is 1. The molecular formula is C15H25N. The monoisotopic (exact) mass is 219 g/mol. The molecule has 1 unspecified atom stereocenters. The summed E-state index contributed by atoms with van der Waals surface area (Å²) in [6.45, 7) is 10.9.